The van der Waals surface area contributed by atoms with E-state index in [0.717, 1.165) is 25.7 Å². The van der Waals surface area contributed by atoms with Crippen molar-refractivity contribution >= 4 is 16.9 Å². The summed E-state index contributed by atoms with van der Waals surface area (Å²) in [6.45, 7) is 6.86. The van der Waals surface area contributed by atoms with E-state index in [-0.39, 0.29) is 17.6 Å². The van der Waals surface area contributed by atoms with Gasteiger partial charge in [0.05, 0.1) is 10.9 Å². The molecule has 0 spiro atoms. The van der Waals surface area contributed by atoms with E-state index in [4.69, 9.17) is 4.74 Å². The average molecular weight is 370 g/mol. The van der Waals surface area contributed by atoms with Gasteiger partial charge in [0.25, 0.3) is 5.56 Å². The summed E-state index contributed by atoms with van der Waals surface area (Å²) in [5.41, 5.74) is 0.891. The molecule has 3 rings (SSSR count). The zero-order valence-corrected chi connectivity index (χ0v) is 16.6. The molecular weight excluding hydrogens is 340 g/mol. The molecule has 1 aliphatic carbocycles. The highest BCUT2D eigenvalue weighted by atomic mass is 16.5. The third-order valence-electron chi connectivity index (χ3n) is 5.65. The van der Waals surface area contributed by atoms with Crippen LogP contribution in [-0.2, 0) is 16.0 Å². The number of ether oxygens (including phenoxy) is 1. The molecule has 0 bridgehead atoms. The summed E-state index contributed by atoms with van der Waals surface area (Å²) in [5, 5.41) is 0.589. The van der Waals surface area contributed by atoms with Crippen LogP contribution in [0.15, 0.2) is 29.1 Å². The Labute approximate surface area is 160 Å². The van der Waals surface area contributed by atoms with Crippen molar-refractivity contribution < 1.29 is 9.53 Å². The summed E-state index contributed by atoms with van der Waals surface area (Å²) in [7, 11) is 0. The van der Waals surface area contributed by atoms with E-state index in [2.05, 4.69) is 30.7 Å². The number of hydrogen-bond acceptors (Lipinski definition) is 4. The second-order valence-electron chi connectivity index (χ2n) is 8.71. The molecule has 1 aromatic heterocycles. The van der Waals surface area contributed by atoms with Crippen LogP contribution in [0.5, 0.6) is 0 Å². The van der Waals surface area contributed by atoms with Gasteiger partial charge in [-0.25, -0.2) is 4.98 Å². The van der Waals surface area contributed by atoms with Crippen LogP contribution < -0.4 is 5.56 Å². The first kappa shape index (κ1) is 19.6. The van der Waals surface area contributed by atoms with E-state index in [0.29, 0.717) is 47.3 Å². The number of nitrogens with one attached hydrogen (secondary N) is 1. The third-order valence-corrected chi connectivity index (χ3v) is 5.65. The Morgan fingerprint density at radius 3 is 2.59 bits per heavy atom. The summed E-state index contributed by atoms with van der Waals surface area (Å²) in [6, 6.07) is 7.28. The van der Waals surface area contributed by atoms with Gasteiger partial charge in [0.1, 0.15) is 11.9 Å². The molecule has 1 saturated carbocycles. The molecule has 1 fully saturated rings. The van der Waals surface area contributed by atoms with Crippen molar-refractivity contribution in [2.45, 2.75) is 71.8 Å². The van der Waals surface area contributed by atoms with Gasteiger partial charge in [-0.1, -0.05) is 32.9 Å². The highest BCUT2D eigenvalue weighted by Crippen LogP contribution is 2.38. The summed E-state index contributed by atoms with van der Waals surface area (Å²) in [4.78, 5) is 31.5. The lowest BCUT2D eigenvalue weighted by Crippen LogP contribution is -2.30. The number of carbonyl (C=O) groups is 1. The predicted octanol–water partition coefficient (Wildman–Crippen LogP) is 4.39. The average Bonchev–Trinajstić information content (AvgIpc) is 2.61. The van der Waals surface area contributed by atoms with Crippen LogP contribution in [0.4, 0.5) is 0 Å². The number of carbonyl (C=O) groups excluding carboxylic acids is 1. The topological polar surface area (TPSA) is 72.0 Å². The molecule has 0 aliphatic heterocycles. The van der Waals surface area contributed by atoms with Crippen molar-refractivity contribution in [1.29, 1.82) is 0 Å². The predicted molar refractivity (Wildman–Crippen MR) is 107 cm³/mol. The number of hydrogen-bond donors (Lipinski definition) is 1. The number of aromatic nitrogens is 2. The van der Waals surface area contributed by atoms with E-state index in [1.807, 2.05) is 18.2 Å². The molecule has 1 N–H and O–H groups in total. The largest absolute Gasteiger partial charge is 0.462 e. The number of rotatable bonds is 5. The Bertz CT molecular complexity index is 842. The molecule has 0 amide bonds. The number of fused-ring (bicyclic) bond motifs is 1. The van der Waals surface area contributed by atoms with Gasteiger partial charge < -0.3 is 9.72 Å². The number of H-pyrrole nitrogens is 1. The monoisotopic (exact) mass is 370 g/mol. The van der Waals surface area contributed by atoms with Gasteiger partial charge in [-0.15, -0.1) is 0 Å². The quantitative estimate of drug-likeness (QED) is 0.792. The minimum absolute atomic E-state index is 0.0645. The molecule has 5 heteroatoms. The first-order valence-electron chi connectivity index (χ1n) is 10.0. The number of benzene rings is 1. The minimum atomic E-state index is -0.141. The van der Waals surface area contributed by atoms with Crippen LogP contribution >= 0.6 is 0 Å². The second-order valence-corrected chi connectivity index (χ2v) is 8.71. The normalized spacial score (nSPS) is 20.6. The Kier molecular flexibility index (Phi) is 5.98. The third kappa shape index (κ3) is 5.18. The molecule has 5 nitrogen and oxygen atoms in total. The van der Waals surface area contributed by atoms with Gasteiger partial charge in [-0.3, -0.25) is 9.59 Å². The van der Waals surface area contributed by atoms with Gasteiger partial charge in [0.2, 0.25) is 0 Å². The Morgan fingerprint density at radius 1 is 1.19 bits per heavy atom. The molecule has 27 heavy (non-hydrogen) atoms. The fraction of sp³-hybridized carbons (Fsp3) is 0.591. The number of nitrogens with zero attached hydrogens (tertiary/aromatic N) is 1. The Morgan fingerprint density at radius 2 is 1.89 bits per heavy atom. The molecule has 1 aromatic carbocycles. The standard InChI is InChI=1S/C22H30N2O3/c1-22(2,3)15-11-13-16(14-12-15)27-20(25)10-6-9-19-23-18-8-5-4-7-17(18)21(26)24-19/h4-5,7-8,15-16H,6,9-14H2,1-3H3,(H,23,24,26). The van der Waals surface area contributed by atoms with E-state index in [9.17, 15) is 9.59 Å². The maximum atomic E-state index is 12.1. The molecule has 1 heterocycles. The van der Waals surface area contributed by atoms with E-state index >= 15 is 0 Å². The molecule has 1 aliphatic rings. The number of aromatic amines is 1. The van der Waals surface area contributed by atoms with Gasteiger partial charge in [0, 0.05) is 12.8 Å². The first-order chi connectivity index (χ1) is 12.8. The van der Waals surface area contributed by atoms with E-state index < -0.39 is 0 Å². The fourth-order valence-electron chi connectivity index (χ4n) is 3.94. The summed E-state index contributed by atoms with van der Waals surface area (Å²) >= 11 is 0. The summed E-state index contributed by atoms with van der Waals surface area (Å²) in [5.74, 6) is 1.19. The molecule has 146 valence electrons. The van der Waals surface area contributed by atoms with Crippen molar-refractivity contribution in [1.82, 2.24) is 9.97 Å². The lowest BCUT2D eigenvalue weighted by Gasteiger charge is -2.36. The Hall–Kier alpha value is -2.17. The highest BCUT2D eigenvalue weighted by Gasteiger charge is 2.30. The maximum absolute atomic E-state index is 12.1. The Balaban J connectivity index is 1.45. The number of aryl methyl sites for hydroxylation is 1. The molecule has 0 atom stereocenters. The van der Waals surface area contributed by atoms with E-state index in [1.54, 1.807) is 6.07 Å². The van der Waals surface area contributed by atoms with Crippen molar-refractivity contribution in [2.75, 3.05) is 0 Å². The van der Waals surface area contributed by atoms with Gasteiger partial charge in [-0.05, 0) is 55.6 Å². The molecule has 0 unspecified atom stereocenters. The fourth-order valence-corrected chi connectivity index (χ4v) is 3.94. The van der Waals surface area contributed by atoms with Crippen LogP contribution in [0.3, 0.4) is 0 Å². The minimum Gasteiger partial charge on any atom is -0.462 e. The lowest BCUT2D eigenvalue weighted by molar-refractivity contribution is -0.151. The van der Waals surface area contributed by atoms with Crippen molar-refractivity contribution in [2.24, 2.45) is 11.3 Å². The number of esters is 1. The van der Waals surface area contributed by atoms with Crippen molar-refractivity contribution in [3.8, 4) is 0 Å². The van der Waals surface area contributed by atoms with Gasteiger partial charge in [0.15, 0.2) is 0 Å². The first-order valence-corrected chi connectivity index (χ1v) is 10.0. The lowest BCUT2D eigenvalue weighted by atomic mass is 9.72. The molecule has 2 aromatic rings. The summed E-state index contributed by atoms with van der Waals surface area (Å²) < 4.78 is 5.65. The number of para-hydroxylation sites is 1. The zero-order chi connectivity index (χ0) is 19.4. The zero-order valence-electron chi connectivity index (χ0n) is 16.6. The summed E-state index contributed by atoms with van der Waals surface area (Å²) in [6.07, 6.45) is 5.79. The smallest absolute Gasteiger partial charge is 0.306 e. The van der Waals surface area contributed by atoms with Crippen molar-refractivity contribution in [3.05, 3.63) is 40.4 Å². The molecular formula is C22H30N2O3. The van der Waals surface area contributed by atoms with Crippen LogP contribution in [-0.4, -0.2) is 22.0 Å². The molecule has 0 saturated heterocycles. The van der Waals surface area contributed by atoms with Crippen LogP contribution in [0.1, 0.15) is 65.1 Å². The second kappa shape index (κ2) is 8.24. The maximum Gasteiger partial charge on any atom is 0.306 e. The highest BCUT2D eigenvalue weighted by molar-refractivity contribution is 5.77. The SMILES string of the molecule is CC(C)(C)C1CCC(OC(=O)CCCc2nc3ccccc3c(=O)[nH]2)CC1. The van der Waals surface area contributed by atoms with Gasteiger partial charge >= 0.3 is 5.97 Å². The molecule has 0 radical (unpaired) electrons. The van der Waals surface area contributed by atoms with Crippen LogP contribution in [0.25, 0.3) is 10.9 Å². The van der Waals surface area contributed by atoms with E-state index in [1.165, 1.54) is 0 Å². The van der Waals surface area contributed by atoms with Crippen LogP contribution in [0.2, 0.25) is 0 Å². The van der Waals surface area contributed by atoms with Crippen LogP contribution in [0, 0.1) is 11.3 Å². The van der Waals surface area contributed by atoms with Gasteiger partial charge in [-0.2, -0.15) is 0 Å². The van der Waals surface area contributed by atoms with Crippen molar-refractivity contribution in [3.63, 3.8) is 0 Å².